The molecule has 10 heavy (non-hydrogen) atoms. The summed E-state index contributed by atoms with van der Waals surface area (Å²) in [4.78, 5) is 12.4. The van der Waals surface area contributed by atoms with Gasteiger partial charge in [-0.3, -0.25) is 9.69 Å². The van der Waals surface area contributed by atoms with Crippen molar-refractivity contribution in [2.75, 3.05) is 25.1 Å². The summed E-state index contributed by atoms with van der Waals surface area (Å²) in [6.45, 7) is 0.891. The minimum Gasteiger partial charge on any atom is -0.480 e. The number of carboxylic acid groups (broad SMARTS) is 1. The number of likely N-dealkylation sites (N-methyl/N-ethyl adjacent to an activating group) is 1. The van der Waals surface area contributed by atoms with Crippen LogP contribution in [0.5, 0.6) is 0 Å². The monoisotopic (exact) mass is 161 g/mol. The normalized spacial score (nSPS) is 28.3. The number of hydrogen-bond acceptors (Lipinski definition) is 3. The molecule has 3 nitrogen and oxygen atoms in total. The molecule has 0 amide bonds. The van der Waals surface area contributed by atoms with Crippen molar-refractivity contribution < 1.29 is 9.90 Å². The van der Waals surface area contributed by atoms with Crippen molar-refractivity contribution in [3.63, 3.8) is 0 Å². The van der Waals surface area contributed by atoms with Crippen molar-refractivity contribution in [2.45, 2.75) is 6.04 Å². The molecule has 0 radical (unpaired) electrons. The van der Waals surface area contributed by atoms with E-state index in [0.29, 0.717) is 0 Å². The summed E-state index contributed by atoms with van der Waals surface area (Å²) in [5.74, 6) is 1.08. The molecule has 58 valence electrons. The zero-order chi connectivity index (χ0) is 7.56. The highest BCUT2D eigenvalue weighted by atomic mass is 32.2. The highest BCUT2D eigenvalue weighted by Crippen LogP contribution is 2.14. The molecule has 0 aromatic rings. The van der Waals surface area contributed by atoms with Crippen LogP contribution in [0.2, 0.25) is 0 Å². The second-order valence-electron chi connectivity index (χ2n) is 2.41. The van der Waals surface area contributed by atoms with E-state index in [1.54, 1.807) is 11.8 Å². The Labute approximate surface area is 64.4 Å². The Bertz CT molecular complexity index is 140. The van der Waals surface area contributed by atoms with E-state index in [-0.39, 0.29) is 6.04 Å². The molecule has 1 fully saturated rings. The predicted molar refractivity (Wildman–Crippen MR) is 41.4 cm³/mol. The second kappa shape index (κ2) is 3.25. The summed E-state index contributed by atoms with van der Waals surface area (Å²) in [7, 11) is 1.86. The number of hydrogen-bond donors (Lipinski definition) is 1. The van der Waals surface area contributed by atoms with Gasteiger partial charge in [0.25, 0.3) is 0 Å². The van der Waals surface area contributed by atoms with Gasteiger partial charge >= 0.3 is 5.97 Å². The van der Waals surface area contributed by atoms with Gasteiger partial charge in [0.2, 0.25) is 0 Å². The molecule has 1 heterocycles. The van der Waals surface area contributed by atoms with Crippen LogP contribution in [-0.4, -0.2) is 47.1 Å². The summed E-state index contributed by atoms with van der Waals surface area (Å²) in [6.07, 6.45) is 0. The molecule has 0 aromatic heterocycles. The van der Waals surface area contributed by atoms with Crippen LogP contribution in [-0.2, 0) is 4.79 Å². The van der Waals surface area contributed by atoms with Crippen molar-refractivity contribution >= 4 is 17.7 Å². The third-order valence-corrected chi connectivity index (χ3v) is 2.70. The highest BCUT2D eigenvalue weighted by molar-refractivity contribution is 7.99. The molecule has 0 aromatic carbocycles. The van der Waals surface area contributed by atoms with Gasteiger partial charge in [0.05, 0.1) is 0 Å². The average Bonchev–Trinajstić information content (AvgIpc) is 1.88. The van der Waals surface area contributed by atoms with Crippen LogP contribution < -0.4 is 0 Å². The lowest BCUT2D eigenvalue weighted by Crippen LogP contribution is -2.44. The van der Waals surface area contributed by atoms with Crippen LogP contribution >= 0.6 is 11.8 Å². The molecule has 0 spiro atoms. The van der Waals surface area contributed by atoms with Crippen LogP contribution in [0.3, 0.4) is 0 Å². The summed E-state index contributed by atoms with van der Waals surface area (Å²) in [5.41, 5.74) is 0. The molecule has 1 N–H and O–H groups in total. The van der Waals surface area contributed by atoms with Gasteiger partial charge in [0.15, 0.2) is 0 Å². The number of aliphatic carboxylic acids is 1. The van der Waals surface area contributed by atoms with E-state index in [1.807, 2.05) is 11.9 Å². The van der Waals surface area contributed by atoms with Crippen molar-refractivity contribution in [2.24, 2.45) is 0 Å². The predicted octanol–water partition coefficient (Wildman–Crippen LogP) is 0.118. The van der Waals surface area contributed by atoms with Gasteiger partial charge in [-0.15, -0.1) is 0 Å². The smallest absolute Gasteiger partial charge is 0.321 e. The maximum absolute atomic E-state index is 10.5. The first-order chi connectivity index (χ1) is 4.72. The minimum atomic E-state index is -0.699. The summed E-state index contributed by atoms with van der Waals surface area (Å²) in [5, 5.41) is 8.65. The maximum Gasteiger partial charge on any atom is 0.321 e. The van der Waals surface area contributed by atoms with Crippen molar-refractivity contribution in [3.05, 3.63) is 0 Å². The van der Waals surface area contributed by atoms with E-state index < -0.39 is 5.97 Å². The van der Waals surface area contributed by atoms with Gasteiger partial charge in [-0.1, -0.05) is 0 Å². The van der Waals surface area contributed by atoms with Crippen LogP contribution in [0.1, 0.15) is 0 Å². The zero-order valence-electron chi connectivity index (χ0n) is 5.91. The fourth-order valence-corrected chi connectivity index (χ4v) is 2.15. The molecule has 1 saturated heterocycles. The van der Waals surface area contributed by atoms with Gasteiger partial charge in [0, 0.05) is 18.1 Å². The molecule has 0 saturated carbocycles. The van der Waals surface area contributed by atoms with Crippen LogP contribution in [0.25, 0.3) is 0 Å². The Balaban J connectivity index is 2.47. The van der Waals surface area contributed by atoms with Crippen molar-refractivity contribution in [3.8, 4) is 0 Å². The molecule has 1 rings (SSSR count). The first-order valence-electron chi connectivity index (χ1n) is 3.22. The quantitative estimate of drug-likeness (QED) is 0.593. The van der Waals surface area contributed by atoms with E-state index in [2.05, 4.69) is 0 Å². The molecule has 1 unspecified atom stereocenters. The topological polar surface area (TPSA) is 40.5 Å². The molecule has 1 aliphatic heterocycles. The van der Waals surface area contributed by atoms with Crippen LogP contribution in [0.4, 0.5) is 0 Å². The molecule has 1 aliphatic rings. The number of thioether (sulfide) groups is 1. The molecule has 0 bridgehead atoms. The minimum absolute atomic E-state index is 0.265. The Morgan fingerprint density at radius 1 is 1.80 bits per heavy atom. The molecule has 0 aliphatic carbocycles. The Morgan fingerprint density at radius 2 is 2.50 bits per heavy atom. The van der Waals surface area contributed by atoms with E-state index in [4.69, 9.17) is 5.11 Å². The lowest BCUT2D eigenvalue weighted by atomic mass is 10.3. The SMILES string of the molecule is CN1CCSCC1C(=O)O. The van der Waals surface area contributed by atoms with E-state index in [1.165, 1.54) is 0 Å². The molecular weight excluding hydrogens is 150 g/mol. The molecule has 1 atom stereocenters. The number of carbonyl (C=O) groups is 1. The second-order valence-corrected chi connectivity index (χ2v) is 3.56. The van der Waals surface area contributed by atoms with Crippen molar-refractivity contribution in [1.29, 1.82) is 0 Å². The van der Waals surface area contributed by atoms with Gasteiger partial charge in [-0.05, 0) is 7.05 Å². The number of rotatable bonds is 1. The standard InChI is InChI=1S/C6H11NO2S/c1-7-2-3-10-4-5(7)6(8)9/h5H,2-4H2,1H3,(H,8,9). The maximum atomic E-state index is 10.5. The van der Waals surface area contributed by atoms with Crippen LogP contribution in [0, 0.1) is 0 Å². The van der Waals surface area contributed by atoms with Gasteiger partial charge in [0.1, 0.15) is 6.04 Å². The molecular formula is C6H11NO2S. The average molecular weight is 161 g/mol. The lowest BCUT2D eigenvalue weighted by molar-refractivity contribution is -0.141. The largest absolute Gasteiger partial charge is 0.480 e. The molecule has 4 heteroatoms. The third-order valence-electron chi connectivity index (χ3n) is 1.68. The lowest BCUT2D eigenvalue weighted by Gasteiger charge is -2.28. The third kappa shape index (κ3) is 1.64. The van der Waals surface area contributed by atoms with E-state index in [9.17, 15) is 4.79 Å². The van der Waals surface area contributed by atoms with Crippen LogP contribution in [0.15, 0.2) is 0 Å². The van der Waals surface area contributed by atoms with E-state index >= 15 is 0 Å². The summed E-state index contributed by atoms with van der Waals surface area (Å²) < 4.78 is 0. The van der Waals surface area contributed by atoms with Gasteiger partial charge in [-0.2, -0.15) is 11.8 Å². The Kier molecular flexibility index (Phi) is 2.56. The fourth-order valence-electron chi connectivity index (χ4n) is 0.946. The number of carboxylic acids is 1. The summed E-state index contributed by atoms with van der Waals surface area (Å²) in [6, 6.07) is -0.265. The fraction of sp³-hybridized carbons (Fsp3) is 0.833. The summed E-state index contributed by atoms with van der Waals surface area (Å²) >= 11 is 1.71. The first-order valence-corrected chi connectivity index (χ1v) is 4.38. The zero-order valence-corrected chi connectivity index (χ0v) is 6.73. The first kappa shape index (κ1) is 7.88. The van der Waals surface area contributed by atoms with E-state index in [0.717, 1.165) is 18.1 Å². The Hall–Kier alpha value is -0.220. The van der Waals surface area contributed by atoms with Crippen molar-refractivity contribution in [1.82, 2.24) is 4.90 Å². The Morgan fingerprint density at radius 3 is 2.90 bits per heavy atom. The highest BCUT2D eigenvalue weighted by Gasteiger charge is 2.25. The van der Waals surface area contributed by atoms with Gasteiger partial charge in [-0.25, -0.2) is 0 Å². The van der Waals surface area contributed by atoms with Gasteiger partial charge < -0.3 is 5.11 Å². The number of nitrogens with zero attached hydrogens (tertiary/aromatic N) is 1.